The molecule has 2 aromatic rings. The molecule has 0 saturated carbocycles. The van der Waals surface area contributed by atoms with E-state index in [0.717, 1.165) is 10.1 Å². The van der Waals surface area contributed by atoms with Crippen LogP contribution in [0.25, 0.3) is 0 Å². The molecule has 1 aliphatic heterocycles. The monoisotopic (exact) mass is 372 g/mol. The Hall–Kier alpha value is -2.60. The molecular weight excluding hydrogens is 356 g/mol. The Bertz CT molecular complexity index is 1080. The van der Waals surface area contributed by atoms with Gasteiger partial charge in [0.2, 0.25) is 5.88 Å². The molecule has 6 nitrogen and oxygen atoms in total. The van der Waals surface area contributed by atoms with E-state index in [1.165, 1.54) is 11.6 Å². The molecule has 4 rings (SSSR count). The van der Waals surface area contributed by atoms with Gasteiger partial charge in [-0.2, -0.15) is 0 Å². The highest BCUT2D eigenvalue weighted by Crippen LogP contribution is 2.44. The highest BCUT2D eigenvalue weighted by atomic mass is 35.5. The quantitative estimate of drug-likeness (QED) is 0.770. The molecule has 2 aliphatic rings. The number of fused-ring (bicyclic) bond motifs is 1. The molecule has 1 aromatic heterocycles. The van der Waals surface area contributed by atoms with E-state index < -0.39 is 17.2 Å². The molecule has 1 aromatic carbocycles. The number of halogens is 1. The molecule has 1 atom stereocenters. The molecule has 0 fully saturated rings. The van der Waals surface area contributed by atoms with Gasteiger partial charge in [0.05, 0.1) is 11.5 Å². The van der Waals surface area contributed by atoms with E-state index in [-0.39, 0.29) is 11.7 Å². The lowest BCUT2D eigenvalue weighted by atomic mass is 9.78. The van der Waals surface area contributed by atoms with Gasteiger partial charge in [-0.1, -0.05) is 23.7 Å². The second-order valence-corrected chi connectivity index (χ2v) is 7.06. The number of ketones is 1. The number of Topliss-reactive ketones (excluding diaryl/α,β-unsaturated/α-hetero) is 1. The van der Waals surface area contributed by atoms with E-state index >= 15 is 0 Å². The van der Waals surface area contributed by atoms with E-state index in [2.05, 4.69) is 0 Å². The third kappa shape index (κ3) is 2.36. The Kier molecular flexibility index (Phi) is 3.88. The first-order chi connectivity index (χ1) is 12.4. The van der Waals surface area contributed by atoms with Gasteiger partial charge in [-0.25, -0.2) is 4.79 Å². The average molecular weight is 373 g/mol. The summed E-state index contributed by atoms with van der Waals surface area (Å²) in [6, 6.07) is 7.07. The maximum atomic E-state index is 12.9. The summed E-state index contributed by atoms with van der Waals surface area (Å²) in [6.07, 6.45) is 1.72. The lowest BCUT2D eigenvalue weighted by Gasteiger charge is -2.33. The van der Waals surface area contributed by atoms with Crippen molar-refractivity contribution in [2.24, 2.45) is 14.1 Å². The van der Waals surface area contributed by atoms with Crippen molar-refractivity contribution in [3.63, 3.8) is 0 Å². The van der Waals surface area contributed by atoms with Crippen LogP contribution in [0.5, 0.6) is 5.88 Å². The lowest BCUT2D eigenvalue weighted by molar-refractivity contribution is -0.116. The van der Waals surface area contributed by atoms with Crippen LogP contribution in [0.2, 0.25) is 5.02 Å². The third-order valence-corrected chi connectivity index (χ3v) is 5.30. The Morgan fingerprint density at radius 1 is 1.04 bits per heavy atom. The van der Waals surface area contributed by atoms with Crippen LogP contribution in [0, 0.1) is 0 Å². The minimum Gasteiger partial charge on any atom is -0.444 e. The fourth-order valence-corrected chi connectivity index (χ4v) is 3.86. The molecule has 2 heterocycles. The van der Waals surface area contributed by atoms with Crippen LogP contribution in [-0.2, 0) is 18.9 Å². The standard InChI is InChI=1S/C19H17ClN2O4/c1-21-17(24)16-14(10-6-8-11(20)9-7-10)15-12(23)4-3-5-13(15)26-18(16)22(2)19(21)25/h6-9,14H,3-5H2,1-2H3. The summed E-state index contributed by atoms with van der Waals surface area (Å²) in [7, 11) is 2.99. The van der Waals surface area contributed by atoms with Gasteiger partial charge in [0.15, 0.2) is 5.78 Å². The Labute approximate surface area is 154 Å². The van der Waals surface area contributed by atoms with Crippen molar-refractivity contribution in [3.8, 4) is 5.88 Å². The van der Waals surface area contributed by atoms with E-state index in [9.17, 15) is 14.4 Å². The first-order valence-corrected chi connectivity index (χ1v) is 8.77. The SMILES string of the molecule is Cn1c2c(c(=O)n(C)c1=O)C(c1ccc(Cl)cc1)C1=C(CCCC1=O)O2. The van der Waals surface area contributed by atoms with Gasteiger partial charge in [-0.05, 0) is 24.1 Å². The second-order valence-electron chi connectivity index (χ2n) is 6.62. The topological polar surface area (TPSA) is 70.3 Å². The smallest absolute Gasteiger partial charge is 0.333 e. The Morgan fingerprint density at radius 3 is 2.42 bits per heavy atom. The molecule has 0 bridgehead atoms. The van der Waals surface area contributed by atoms with Gasteiger partial charge in [-0.15, -0.1) is 0 Å². The van der Waals surface area contributed by atoms with Crippen LogP contribution in [0.4, 0.5) is 0 Å². The average Bonchev–Trinajstić information content (AvgIpc) is 2.64. The van der Waals surface area contributed by atoms with E-state index in [4.69, 9.17) is 16.3 Å². The van der Waals surface area contributed by atoms with Crippen LogP contribution in [0.15, 0.2) is 45.2 Å². The van der Waals surface area contributed by atoms with Crippen molar-refractivity contribution < 1.29 is 9.53 Å². The molecule has 134 valence electrons. The number of aromatic nitrogens is 2. The predicted octanol–water partition coefficient (Wildman–Crippen LogP) is 2.27. The van der Waals surface area contributed by atoms with Gasteiger partial charge in [0.25, 0.3) is 5.56 Å². The molecule has 0 saturated heterocycles. The van der Waals surface area contributed by atoms with Crippen LogP contribution in [0.1, 0.15) is 36.3 Å². The lowest BCUT2D eigenvalue weighted by Crippen LogP contribution is -2.43. The Morgan fingerprint density at radius 2 is 1.73 bits per heavy atom. The predicted molar refractivity (Wildman–Crippen MR) is 96.7 cm³/mol. The van der Waals surface area contributed by atoms with Crippen molar-refractivity contribution in [3.05, 3.63) is 72.6 Å². The molecule has 26 heavy (non-hydrogen) atoms. The van der Waals surface area contributed by atoms with Crippen molar-refractivity contribution in [1.29, 1.82) is 0 Å². The first kappa shape index (κ1) is 16.8. The highest BCUT2D eigenvalue weighted by molar-refractivity contribution is 6.30. The molecular formula is C19H17ClN2O4. The molecule has 0 N–H and O–H groups in total. The van der Waals surface area contributed by atoms with Crippen LogP contribution in [0.3, 0.4) is 0 Å². The van der Waals surface area contributed by atoms with E-state index in [1.807, 2.05) is 0 Å². The molecule has 1 aliphatic carbocycles. The number of nitrogens with zero attached hydrogens (tertiary/aromatic N) is 2. The molecule has 0 spiro atoms. The third-order valence-electron chi connectivity index (χ3n) is 5.05. The fraction of sp³-hybridized carbons (Fsp3) is 0.316. The number of carbonyl (C=O) groups is 1. The van der Waals surface area contributed by atoms with Crippen molar-refractivity contribution in [2.75, 3.05) is 0 Å². The van der Waals surface area contributed by atoms with E-state index in [1.54, 1.807) is 31.3 Å². The first-order valence-electron chi connectivity index (χ1n) is 8.39. The number of carbonyl (C=O) groups excluding carboxylic acids is 1. The zero-order valence-corrected chi connectivity index (χ0v) is 15.2. The van der Waals surface area contributed by atoms with Gasteiger partial charge in [-0.3, -0.25) is 18.7 Å². The van der Waals surface area contributed by atoms with Gasteiger partial charge in [0, 0.05) is 37.5 Å². The van der Waals surface area contributed by atoms with Crippen LogP contribution < -0.4 is 16.0 Å². The maximum absolute atomic E-state index is 12.9. The highest BCUT2D eigenvalue weighted by Gasteiger charge is 2.40. The minimum atomic E-state index is -0.565. The summed E-state index contributed by atoms with van der Waals surface area (Å²) in [4.78, 5) is 37.9. The summed E-state index contributed by atoms with van der Waals surface area (Å²) in [5.74, 6) is 0.181. The second kappa shape index (κ2) is 5.99. The molecule has 0 radical (unpaired) electrons. The number of rotatable bonds is 1. The van der Waals surface area contributed by atoms with Gasteiger partial charge in [0.1, 0.15) is 5.76 Å². The normalized spacial score (nSPS) is 19.0. The van der Waals surface area contributed by atoms with Crippen molar-refractivity contribution in [2.45, 2.75) is 25.2 Å². The van der Waals surface area contributed by atoms with Crippen LogP contribution >= 0.6 is 11.6 Å². The maximum Gasteiger partial charge on any atom is 0.333 e. The summed E-state index contributed by atoms with van der Waals surface area (Å²) in [5.41, 5.74) is 0.688. The fourth-order valence-electron chi connectivity index (χ4n) is 3.73. The number of benzene rings is 1. The van der Waals surface area contributed by atoms with Gasteiger partial charge < -0.3 is 4.74 Å². The number of hydrogen-bond acceptors (Lipinski definition) is 4. The van der Waals surface area contributed by atoms with Crippen molar-refractivity contribution >= 4 is 17.4 Å². The number of allylic oxidation sites excluding steroid dienone is 2. The zero-order chi connectivity index (χ0) is 18.6. The zero-order valence-electron chi connectivity index (χ0n) is 14.4. The summed E-state index contributed by atoms with van der Waals surface area (Å²) in [6.45, 7) is 0. The molecule has 0 amide bonds. The van der Waals surface area contributed by atoms with Gasteiger partial charge >= 0.3 is 5.69 Å². The summed E-state index contributed by atoms with van der Waals surface area (Å²) >= 11 is 6.00. The molecule has 1 unspecified atom stereocenters. The summed E-state index contributed by atoms with van der Waals surface area (Å²) < 4.78 is 8.28. The van der Waals surface area contributed by atoms with Crippen molar-refractivity contribution in [1.82, 2.24) is 9.13 Å². The molecule has 7 heteroatoms. The van der Waals surface area contributed by atoms with E-state index in [0.29, 0.717) is 41.2 Å². The Balaban J connectivity index is 2.08. The number of hydrogen-bond donors (Lipinski definition) is 0. The largest absolute Gasteiger partial charge is 0.444 e. The van der Waals surface area contributed by atoms with Crippen LogP contribution in [-0.4, -0.2) is 14.9 Å². The summed E-state index contributed by atoms with van der Waals surface area (Å²) in [5, 5.41) is 0.568. The minimum absolute atomic E-state index is 0.0206. The number of ether oxygens (including phenoxy) is 1.